The molecule has 0 saturated heterocycles. The van der Waals surface area contributed by atoms with Crippen molar-refractivity contribution in [2.75, 3.05) is 33.0 Å². The number of ether oxygens (including phenoxy) is 2. The predicted molar refractivity (Wildman–Crippen MR) is 215 cm³/mol. The Balaban J connectivity index is 3.83. The van der Waals surface area contributed by atoms with Gasteiger partial charge in [-0.15, -0.1) is 0 Å². The van der Waals surface area contributed by atoms with E-state index in [0.717, 1.165) is 38.5 Å². The van der Waals surface area contributed by atoms with Gasteiger partial charge in [-0.2, -0.15) is 0 Å². The van der Waals surface area contributed by atoms with E-state index in [4.69, 9.17) is 24.3 Å². The number of phosphoric ester groups is 1. The van der Waals surface area contributed by atoms with Crippen LogP contribution in [0.25, 0.3) is 0 Å². The zero-order valence-electron chi connectivity index (χ0n) is 33.3. The minimum atomic E-state index is -4.26. The van der Waals surface area contributed by atoms with Crippen molar-refractivity contribution in [3.8, 4) is 0 Å². The van der Waals surface area contributed by atoms with Crippen LogP contribution in [0.5, 0.6) is 0 Å². The third-order valence-electron chi connectivity index (χ3n) is 9.12. The van der Waals surface area contributed by atoms with E-state index in [1.54, 1.807) is 0 Å². The van der Waals surface area contributed by atoms with Crippen LogP contribution in [0.1, 0.15) is 200 Å². The molecule has 9 heteroatoms. The summed E-state index contributed by atoms with van der Waals surface area (Å²) in [6, 6.07) is 0. The van der Waals surface area contributed by atoms with Crippen LogP contribution in [0.3, 0.4) is 0 Å². The topological polar surface area (TPSA) is 117 Å². The van der Waals surface area contributed by atoms with Crippen molar-refractivity contribution in [2.24, 2.45) is 5.73 Å². The van der Waals surface area contributed by atoms with Crippen LogP contribution in [-0.4, -0.2) is 49.9 Å². The molecule has 0 radical (unpaired) electrons. The first-order chi connectivity index (χ1) is 24.9. The molecule has 0 spiro atoms. The standard InChI is InChI=1S/C42H82NO7P/c1-3-5-7-9-11-12-13-14-15-16-17-18-19-20-21-22-23-24-25-26-27-28-29-31-33-35-42(44)50-41(40-49-51(45,46)48-38-36-43)39-47-37-34-32-30-10-8-6-4-2/h13-14,16-17,41H,3-12,15,18-40,43H2,1-2H3,(H,45,46)/b14-13-,17-16-. The van der Waals surface area contributed by atoms with E-state index in [9.17, 15) is 14.3 Å². The molecule has 0 aromatic rings. The number of hydrogen-bond donors (Lipinski definition) is 2. The van der Waals surface area contributed by atoms with Crippen molar-refractivity contribution in [3.63, 3.8) is 0 Å². The van der Waals surface area contributed by atoms with Crippen LogP contribution in [0.4, 0.5) is 0 Å². The molecule has 0 aromatic carbocycles. The lowest BCUT2D eigenvalue weighted by atomic mass is 10.0. The smallest absolute Gasteiger partial charge is 0.457 e. The molecule has 0 aliphatic carbocycles. The first-order valence-electron chi connectivity index (χ1n) is 21.3. The fraction of sp³-hybridized carbons (Fsp3) is 0.881. The summed E-state index contributed by atoms with van der Waals surface area (Å²) in [7, 11) is -4.26. The average Bonchev–Trinajstić information content (AvgIpc) is 3.12. The van der Waals surface area contributed by atoms with Crippen molar-refractivity contribution in [2.45, 2.75) is 206 Å². The first-order valence-corrected chi connectivity index (χ1v) is 22.8. The lowest BCUT2D eigenvalue weighted by Crippen LogP contribution is -2.28. The quantitative estimate of drug-likeness (QED) is 0.0275. The third-order valence-corrected chi connectivity index (χ3v) is 10.1. The van der Waals surface area contributed by atoms with Gasteiger partial charge in [0.15, 0.2) is 0 Å². The SMILES string of the molecule is CCCCCCC/C=C\C/C=C\CCCCCCCCCCCCCCCC(=O)OC(COCCCCCCCCC)COP(=O)(O)OCCN. The zero-order chi connectivity index (χ0) is 37.4. The molecule has 0 bridgehead atoms. The van der Waals surface area contributed by atoms with Gasteiger partial charge in [-0.25, -0.2) is 4.57 Å². The second kappa shape index (κ2) is 40.2. The van der Waals surface area contributed by atoms with Crippen molar-refractivity contribution in [1.29, 1.82) is 0 Å². The summed E-state index contributed by atoms with van der Waals surface area (Å²) < 4.78 is 33.2. The number of esters is 1. The molecule has 0 heterocycles. The Morgan fingerprint density at radius 3 is 1.53 bits per heavy atom. The van der Waals surface area contributed by atoms with Gasteiger partial charge in [0.25, 0.3) is 0 Å². The Hall–Kier alpha value is -1.02. The summed E-state index contributed by atoms with van der Waals surface area (Å²) in [5.74, 6) is -0.332. The highest BCUT2D eigenvalue weighted by Crippen LogP contribution is 2.43. The Labute approximate surface area is 315 Å². The number of unbranched alkanes of at least 4 members (excludes halogenated alkanes) is 24. The van der Waals surface area contributed by atoms with Crippen LogP contribution in [0, 0.1) is 0 Å². The molecule has 3 N–H and O–H groups in total. The van der Waals surface area contributed by atoms with Gasteiger partial charge in [0.1, 0.15) is 6.10 Å². The molecule has 0 rings (SSSR count). The van der Waals surface area contributed by atoms with Gasteiger partial charge >= 0.3 is 13.8 Å². The normalized spacial score (nSPS) is 13.7. The van der Waals surface area contributed by atoms with Crippen LogP contribution >= 0.6 is 7.82 Å². The molecule has 0 amide bonds. The second-order valence-corrected chi connectivity index (χ2v) is 15.7. The molecule has 0 aliphatic heterocycles. The summed E-state index contributed by atoms with van der Waals surface area (Å²) >= 11 is 0. The van der Waals surface area contributed by atoms with Gasteiger partial charge in [0, 0.05) is 19.6 Å². The molecule has 0 aromatic heterocycles. The van der Waals surface area contributed by atoms with E-state index in [1.165, 1.54) is 141 Å². The van der Waals surface area contributed by atoms with E-state index in [-0.39, 0.29) is 32.3 Å². The lowest BCUT2D eigenvalue weighted by molar-refractivity contribution is -0.154. The third kappa shape index (κ3) is 40.0. The maximum atomic E-state index is 12.5. The Kier molecular flexibility index (Phi) is 39.4. The van der Waals surface area contributed by atoms with Gasteiger partial charge in [-0.05, 0) is 44.9 Å². The average molecular weight is 744 g/mol. The lowest BCUT2D eigenvalue weighted by Gasteiger charge is -2.20. The first kappa shape index (κ1) is 50.0. The maximum Gasteiger partial charge on any atom is 0.472 e. The fourth-order valence-electron chi connectivity index (χ4n) is 5.97. The van der Waals surface area contributed by atoms with E-state index < -0.39 is 13.9 Å². The zero-order valence-corrected chi connectivity index (χ0v) is 34.2. The highest BCUT2D eigenvalue weighted by Gasteiger charge is 2.25. The van der Waals surface area contributed by atoms with Gasteiger partial charge in [-0.3, -0.25) is 13.8 Å². The van der Waals surface area contributed by atoms with Crippen molar-refractivity contribution < 1.29 is 32.8 Å². The Morgan fingerprint density at radius 1 is 0.588 bits per heavy atom. The summed E-state index contributed by atoms with van der Waals surface area (Å²) in [6.45, 7) is 4.89. The number of hydrogen-bond acceptors (Lipinski definition) is 7. The maximum absolute atomic E-state index is 12.5. The van der Waals surface area contributed by atoms with Gasteiger partial charge in [0.2, 0.25) is 0 Å². The Bertz CT molecular complexity index is 838. The number of allylic oxidation sites excluding steroid dienone is 4. The highest BCUT2D eigenvalue weighted by molar-refractivity contribution is 7.47. The molecule has 0 aliphatic rings. The Morgan fingerprint density at radius 2 is 1.04 bits per heavy atom. The second-order valence-electron chi connectivity index (χ2n) is 14.2. The largest absolute Gasteiger partial charge is 0.472 e. The summed E-state index contributed by atoms with van der Waals surface area (Å²) in [5.41, 5.74) is 5.35. The van der Waals surface area contributed by atoms with Crippen LogP contribution in [-0.2, 0) is 27.9 Å². The molecule has 0 fully saturated rings. The van der Waals surface area contributed by atoms with Crippen LogP contribution in [0.2, 0.25) is 0 Å². The number of carbonyl (C=O) groups excluding carboxylic acids is 1. The van der Waals surface area contributed by atoms with Crippen molar-refractivity contribution in [3.05, 3.63) is 24.3 Å². The van der Waals surface area contributed by atoms with Crippen LogP contribution in [0.15, 0.2) is 24.3 Å². The molecule has 8 nitrogen and oxygen atoms in total. The highest BCUT2D eigenvalue weighted by atomic mass is 31.2. The van der Waals surface area contributed by atoms with Crippen molar-refractivity contribution >= 4 is 13.8 Å². The van der Waals surface area contributed by atoms with Crippen LogP contribution < -0.4 is 5.73 Å². The fourth-order valence-corrected chi connectivity index (χ4v) is 6.73. The monoisotopic (exact) mass is 744 g/mol. The number of carbonyl (C=O) groups is 1. The number of rotatable bonds is 41. The van der Waals surface area contributed by atoms with Crippen molar-refractivity contribution in [1.82, 2.24) is 0 Å². The van der Waals surface area contributed by atoms with E-state index >= 15 is 0 Å². The summed E-state index contributed by atoms with van der Waals surface area (Å²) in [6.07, 6.45) is 43.6. The molecule has 2 atom stereocenters. The number of phosphoric acid groups is 1. The molecule has 302 valence electrons. The molecular weight excluding hydrogens is 661 g/mol. The molecule has 0 saturated carbocycles. The van der Waals surface area contributed by atoms with Gasteiger partial charge in [-0.1, -0.05) is 173 Å². The van der Waals surface area contributed by atoms with E-state index in [1.807, 2.05) is 0 Å². The van der Waals surface area contributed by atoms with Gasteiger partial charge < -0.3 is 20.1 Å². The van der Waals surface area contributed by atoms with Gasteiger partial charge in [0.05, 0.1) is 19.8 Å². The minimum absolute atomic E-state index is 0.0937. The summed E-state index contributed by atoms with van der Waals surface area (Å²) in [5, 5.41) is 0. The predicted octanol–water partition coefficient (Wildman–Crippen LogP) is 12.5. The minimum Gasteiger partial charge on any atom is -0.457 e. The van der Waals surface area contributed by atoms with E-state index in [0.29, 0.717) is 13.0 Å². The molecule has 2 unspecified atom stereocenters. The van der Waals surface area contributed by atoms with E-state index in [2.05, 4.69) is 38.2 Å². The molecule has 51 heavy (non-hydrogen) atoms. The summed E-state index contributed by atoms with van der Waals surface area (Å²) in [4.78, 5) is 22.4. The number of nitrogens with two attached hydrogens (primary N) is 1. The molecular formula is C42H82NO7P.